The largest absolute Gasteiger partial charge is 0.457 e. The Labute approximate surface area is 197 Å². The number of hydrogen-bond acceptors (Lipinski definition) is 5. The summed E-state index contributed by atoms with van der Waals surface area (Å²) < 4.78 is 7.76. The van der Waals surface area contributed by atoms with E-state index in [9.17, 15) is 0 Å². The molecular weight excluding hydrogens is 440 g/mol. The van der Waals surface area contributed by atoms with Gasteiger partial charge in [0.2, 0.25) is 5.16 Å². The van der Waals surface area contributed by atoms with Gasteiger partial charge in [-0.1, -0.05) is 72.8 Å². The molecule has 1 aromatic heterocycles. The minimum absolute atomic E-state index is 0.732. The van der Waals surface area contributed by atoms with E-state index in [4.69, 9.17) is 21.4 Å². The number of rotatable bonds is 9. The van der Waals surface area contributed by atoms with E-state index < -0.39 is 0 Å². The van der Waals surface area contributed by atoms with E-state index in [1.54, 1.807) is 11.8 Å². The molecule has 162 valence electrons. The van der Waals surface area contributed by atoms with E-state index in [1.165, 1.54) is 5.56 Å². The van der Waals surface area contributed by atoms with Gasteiger partial charge in [0.15, 0.2) is 5.82 Å². The van der Waals surface area contributed by atoms with Crippen LogP contribution in [0, 0.1) is 0 Å². The maximum Gasteiger partial charge on any atom is 0.212 e. The maximum atomic E-state index is 5.99. The summed E-state index contributed by atoms with van der Waals surface area (Å²) in [5.41, 5.74) is 2.10. The predicted molar refractivity (Wildman–Crippen MR) is 131 cm³/mol. The van der Waals surface area contributed by atoms with Crippen molar-refractivity contribution in [3.8, 4) is 11.5 Å². The lowest BCUT2D eigenvalue weighted by atomic mass is 10.2. The van der Waals surface area contributed by atoms with E-state index in [2.05, 4.69) is 17.1 Å². The molecule has 0 unspecified atom stereocenters. The van der Waals surface area contributed by atoms with Crippen LogP contribution >= 0.6 is 23.4 Å². The van der Waals surface area contributed by atoms with Crippen LogP contribution in [0.25, 0.3) is 0 Å². The highest BCUT2D eigenvalue weighted by molar-refractivity contribution is 7.98. The summed E-state index contributed by atoms with van der Waals surface area (Å²) in [7, 11) is 0. The molecule has 0 N–H and O–H groups in total. The van der Waals surface area contributed by atoms with Crippen molar-refractivity contribution >= 4 is 29.6 Å². The van der Waals surface area contributed by atoms with Crippen LogP contribution in [0.15, 0.2) is 89.1 Å². The first-order valence-corrected chi connectivity index (χ1v) is 11.8. The normalized spacial score (nSPS) is 11.2. The Morgan fingerprint density at radius 1 is 0.969 bits per heavy atom. The minimum Gasteiger partial charge on any atom is -0.457 e. The van der Waals surface area contributed by atoms with Gasteiger partial charge in [-0.3, -0.25) is 0 Å². The van der Waals surface area contributed by atoms with Crippen LogP contribution in [0.1, 0.15) is 30.3 Å². The number of hydrogen-bond donors (Lipinski definition) is 0. The van der Waals surface area contributed by atoms with Crippen LogP contribution in [0.5, 0.6) is 11.5 Å². The Bertz CT molecular complexity index is 1180. The molecule has 5 nitrogen and oxygen atoms in total. The highest BCUT2D eigenvalue weighted by Gasteiger charge is 2.12. The Balaban J connectivity index is 1.51. The summed E-state index contributed by atoms with van der Waals surface area (Å²) in [6.45, 7) is 2.12. The van der Waals surface area contributed by atoms with Gasteiger partial charge in [0, 0.05) is 17.2 Å². The van der Waals surface area contributed by atoms with Gasteiger partial charge in [0.1, 0.15) is 11.5 Å². The standard InChI is InChI=1S/C25H23ClN4OS/c1-2-7-24-28-29-25(32-18-19-12-14-21(26)15-13-19)30(24)27-17-20-8-6-11-23(16-20)31-22-9-4-3-5-10-22/h3-6,8-17H,2,7,18H2,1H3/b27-17-. The van der Waals surface area contributed by atoms with E-state index in [1.807, 2.05) is 89.8 Å². The zero-order valence-electron chi connectivity index (χ0n) is 17.7. The third-order valence-electron chi connectivity index (χ3n) is 4.59. The fourth-order valence-electron chi connectivity index (χ4n) is 3.02. The molecule has 0 aliphatic carbocycles. The molecule has 0 saturated heterocycles. The first-order valence-electron chi connectivity index (χ1n) is 10.4. The lowest BCUT2D eigenvalue weighted by Crippen LogP contribution is -2.00. The number of benzene rings is 3. The highest BCUT2D eigenvalue weighted by atomic mass is 35.5. The summed E-state index contributed by atoms with van der Waals surface area (Å²) in [5.74, 6) is 3.16. The van der Waals surface area contributed by atoms with E-state index in [-0.39, 0.29) is 0 Å². The molecule has 0 aliphatic rings. The Hall–Kier alpha value is -3.09. The van der Waals surface area contributed by atoms with Crippen molar-refractivity contribution in [3.05, 3.63) is 101 Å². The fraction of sp³-hybridized carbons (Fsp3) is 0.160. The second-order valence-electron chi connectivity index (χ2n) is 7.11. The Morgan fingerprint density at radius 3 is 2.53 bits per heavy atom. The van der Waals surface area contributed by atoms with Crippen molar-refractivity contribution < 1.29 is 4.74 Å². The number of halogens is 1. The molecule has 0 saturated carbocycles. The second kappa shape index (κ2) is 11.0. The SMILES string of the molecule is CCCc1nnc(SCc2ccc(Cl)cc2)n1/N=C\c1cccc(Oc2ccccc2)c1. The highest BCUT2D eigenvalue weighted by Crippen LogP contribution is 2.24. The van der Waals surface area contributed by atoms with Gasteiger partial charge >= 0.3 is 0 Å². The number of thioether (sulfide) groups is 1. The van der Waals surface area contributed by atoms with Crippen molar-refractivity contribution in [2.75, 3.05) is 0 Å². The van der Waals surface area contributed by atoms with Crippen LogP contribution < -0.4 is 4.74 Å². The lowest BCUT2D eigenvalue weighted by molar-refractivity contribution is 0.482. The molecule has 0 radical (unpaired) electrons. The van der Waals surface area contributed by atoms with Crippen LogP contribution in [0.4, 0.5) is 0 Å². The van der Waals surface area contributed by atoms with Gasteiger partial charge < -0.3 is 4.74 Å². The molecular formula is C25H23ClN4OS. The van der Waals surface area contributed by atoms with E-state index in [0.29, 0.717) is 0 Å². The van der Waals surface area contributed by atoms with E-state index >= 15 is 0 Å². The van der Waals surface area contributed by atoms with Crippen molar-refractivity contribution in [1.29, 1.82) is 0 Å². The zero-order valence-corrected chi connectivity index (χ0v) is 19.3. The number of aryl methyl sites for hydroxylation is 1. The van der Waals surface area contributed by atoms with Crippen LogP contribution in [-0.4, -0.2) is 21.1 Å². The Morgan fingerprint density at radius 2 is 1.75 bits per heavy atom. The van der Waals surface area contributed by atoms with Crippen molar-refractivity contribution in [1.82, 2.24) is 14.9 Å². The quantitative estimate of drug-likeness (QED) is 0.201. The third-order valence-corrected chi connectivity index (χ3v) is 5.83. The molecule has 4 aromatic rings. The van der Waals surface area contributed by atoms with Gasteiger partial charge in [0.25, 0.3) is 0 Å². The molecule has 32 heavy (non-hydrogen) atoms. The maximum absolute atomic E-state index is 5.99. The number of para-hydroxylation sites is 1. The van der Waals surface area contributed by atoms with Gasteiger partial charge in [-0.2, -0.15) is 9.78 Å². The topological polar surface area (TPSA) is 52.3 Å². The first-order chi connectivity index (χ1) is 15.7. The zero-order chi connectivity index (χ0) is 22.2. The fourth-order valence-corrected chi connectivity index (χ4v) is 4.00. The number of aromatic nitrogens is 3. The molecule has 0 atom stereocenters. The summed E-state index contributed by atoms with van der Waals surface area (Å²) in [6.07, 6.45) is 3.59. The molecule has 0 fully saturated rings. The molecule has 1 heterocycles. The molecule has 0 amide bonds. The van der Waals surface area contributed by atoms with Crippen molar-refractivity contribution in [2.24, 2.45) is 5.10 Å². The summed E-state index contributed by atoms with van der Waals surface area (Å²) in [4.78, 5) is 0. The minimum atomic E-state index is 0.732. The molecule has 0 bridgehead atoms. The molecule has 0 spiro atoms. The van der Waals surface area contributed by atoms with Gasteiger partial charge in [-0.15, -0.1) is 10.2 Å². The number of nitrogens with zero attached hydrogens (tertiary/aromatic N) is 4. The monoisotopic (exact) mass is 462 g/mol. The van der Waals surface area contributed by atoms with Crippen molar-refractivity contribution in [3.63, 3.8) is 0 Å². The number of ether oxygens (including phenoxy) is 1. The third kappa shape index (κ3) is 5.99. The Kier molecular flexibility index (Phi) is 7.59. The van der Waals surface area contributed by atoms with Crippen LogP contribution in [-0.2, 0) is 12.2 Å². The van der Waals surface area contributed by atoms with Gasteiger partial charge in [-0.25, -0.2) is 0 Å². The lowest BCUT2D eigenvalue weighted by Gasteiger charge is -2.06. The van der Waals surface area contributed by atoms with E-state index in [0.717, 1.165) is 51.7 Å². The molecule has 4 rings (SSSR count). The van der Waals surface area contributed by atoms with Crippen LogP contribution in [0.2, 0.25) is 5.02 Å². The second-order valence-corrected chi connectivity index (χ2v) is 8.49. The smallest absolute Gasteiger partial charge is 0.212 e. The van der Waals surface area contributed by atoms with Gasteiger partial charge in [-0.05, 0) is 53.9 Å². The molecule has 7 heteroatoms. The average molecular weight is 463 g/mol. The van der Waals surface area contributed by atoms with Crippen molar-refractivity contribution in [2.45, 2.75) is 30.7 Å². The first kappa shape index (κ1) is 22.1. The summed E-state index contributed by atoms with van der Waals surface area (Å²) in [6, 6.07) is 25.4. The van der Waals surface area contributed by atoms with Crippen LogP contribution in [0.3, 0.4) is 0 Å². The predicted octanol–water partition coefficient (Wildman–Crippen LogP) is 6.85. The summed E-state index contributed by atoms with van der Waals surface area (Å²) >= 11 is 7.59. The molecule has 0 aliphatic heterocycles. The summed E-state index contributed by atoms with van der Waals surface area (Å²) in [5, 5.41) is 14.9. The average Bonchev–Trinajstić information content (AvgIpc) is 3.20. The molecule has 3 aromatic carbocycles. The van der Waals surface area contributed by atoms with Gasteiger partial charge in [0.05, 0.1) is 6.21 Å².